The molecule has 0 radical (unpaired) electrons. The van der Waals surface area contributed by atoms with Crippen molar-refractivity contribution >= 4 is 28.0 Å². The van der Waals surface area contributed by atoms with Crippen molar-refractivity contribution in [2.75, 3.05) is 7.11 Å². The van der Waals surface area contributed by atoms with Gasteiger partial charge in [0.15, 0.2) is 0 Å². The number of methoxy groups -OCH3 is 1. The molecule has 19 heavy (non-hydrogen) atoms. The van der Waals surface area contributed by atoms with Crippen molar-refractivity contribution in [3.8, 4) is 5.75 Å². The van der Waals surface area contributed by atoms with Gasteiger partial charge in [0.1, 0.15) is 11.5 Å². The van der Waals surface area contributed by atoms with Crippen molar-refractivity contribution in [2.45, 2.75) is 19.3 Å². The van der Waals surface area contributed by atoms with Crippen LogP contribution in [0.1, 0.15) is 24.8 Å². The molecule has 0 aromatic heterocycles. The molecule has 2 atom stereocenters. The number of carbonyl (C=O) groups excluding carboxylic acids is 1. The number of ether oxygens (including phenoxy) is 2. The molecule has 1 aliphatic carbocycles. The number of rotatable bonds is 2. The fourth-order valence-electron chi connectivity index (χ4n) is 2.84. The summed E-state index contributed by atoms with van der Waals surface area (Å²) in [5.41, 5.74) is 0.943. The second kappa shape index (κ2) is 5.00. The quantitative estimate of drug-likeness (QED) is 0.777. The average molecular weight is 323 g/mol. The first-order valence-corrected chi connectivity index (χ1v) is 7.23. The van der Waals surface area contributed by atoms with E-state index in [1.807, 2.05) is 24.3 Å². The minimum atomic E-state index is -0.0731. The van der Waals surface area contributed by atoms with Crippen LogP contribution in [-0.2, 0) is 9.53 Å². The summed E-state index contributed by atoms with van der Waals surface area (Å²) in [6, 6.07) is 5.83. The molecular weight excluding hydrogens is 308 g/mol. The largest absolute Gasteiger partial charge is 0.496 e. The third-order valence-electron chi connectivity index (χ3n) is 3.88. The monoisotopic (exact) mass is 322 g/mol. The Morgan fingerprint density at radius 2 is 2.16 bits per heavy atom. The number of halogens is 1. The number of esters is 1. The van der Waals surface area contributed by atoms with Gasteiger partial charge in [-0.05, 0) is 37.5 Å². The van der Waals surface area contributed by atoms with Crippen LogP contribution in [0.2, 0.25) is 0 Å². The van der Waals surface area contributed by atoms with Crippen molar-refractivity contribution in [3.63, 3.8) is 0 Å². The number of cyclic esters (lactones) is 1. The van der Waals surface area contributed by atoms with Gasteiger partial charge in [0.25, 0.3) is 0 Å². The normalized spacial score (nSPS) is 27.5. The molecule has 3 rings (SSSR count). The number of hydrogen-bond donors (Lipinski definition) is 0. The molecule has 2 fully saturated rings. The van der Waals surface area contributed by atoms with Gasteiger partial charge in [0, 0.05) is 16.0 Å². The van der Waals surface area contributed by atoms with E-state index in [1.54, 1.807) is 7.11 Å². The summed E-state index contributed by atoms with van der Waals surface area (Å²) in [4.78, 5) is 11.8. The van der Waals surface area contributed by atoms with Gasteiger partial charge in [0.2, 0.25) is 0 Å². The number of hydrogen-bond acceptors (Lipinski definition) is 3. The van der Waals surface area contributed by atoms with E-state index >= 15 is 0 Å². The van der Waals surface area contributed by atoms with Gasteiger partial charge in [-0.15, -0.1) is 0 Å². The average Bonchev–Trinajstić information content (AvgIpc) is 2.84. The van der Waals surface area contributed by atoms with Crippen LogP contribution in [0.5, 0.6) is 5.75 Å². The maximum Gasteiger partial charge on any atom is 0.314 e. The molecular formula is C15H15BrO3. The van der Waals surface area contributed by atoms with Gasteiger partial charge in [-0.1, -0.05) is 22.0 Å². The third-order valence-corrected chi connectivity index (χ3v) is 4.37. The van der Waals surface area contributed by atoms with E-state index in [9.17, 15) is 4.79 Å². The molecule has 1 aromatic carbocycles. The highest BCUT2D eigenvalue weighted by Crippen LogP contribution is 2.42. The molecule has 1 saturated carbocycles. The van der Waals surface area contributed by atoms with Crippen molar-refractivity contribution in [3.05, 3.63) is 34.0 Å². The Kier molecular flexibility index (Phi) is 3.35. The van der Waals surface area contributed by atoms with Gasteiger partial charge >= 0.3 is 5.97 Å². The van der Waals surface area contributed by atoms with E-state index in [2.05, 4.69) is 15.9 Å². The van der Waals surface area contributed by atoms with Crippen molar-refractivity contribution in [2.24, 2.45) is 11.8 Å². The summed E-state index contributed by atoms with van der Waals surface area (Å²) in [5.74, 6) is 2.00. The van der Waals surface area contributed by atoms with E-state index in [-0.39, 0.29) is 11.9 Å². The summed E-state index contributed by atoms with van der Waals surface area (Å²) in [6.07, 6.45) is 4.87. The minimum Gasteiger partial charge on any atom is -0.496 e. The van der Waals surface area contributed by atoms with Gasteiger partial charge < -0.3 is 9.47 Å². The molecule has 0 N–H and O–H groups in total. The first-order valence-electron chi connectivity index (χ1n) is 6.44. The molecule has 1 aliphatic heterocycles. The van der Waals surface area contributed by atoms with Crippen LogP contribution >= 0.6 is 15.9 Å². The Bertz CT molecular complexity index is 550. The molecule has 2 aliphatic rings. The lowest BCUT2D eigenvalue weighted by Crippen LogP contribution is -2.21. The van der Waals surface area contributed by atoms with Crippen molar-refractivity contribution in [1.82, 2.24) is 0 Å². The Morgan fingerprint density at radius 1 is 1.37 bits per heavy atom. The van der Waals surface area contributed by atoms with Gasteiger partial charge in [0.05, 0.1) is 13.0 Å². The summed E-state index contributed by atoms with van der Waals surface area (Å²) < 4.78 is 11.8. The topological polar surface area (TPSA) is 35.5 Å². The van der Waals surface area contributed by atoms with E-state index in [1.165, 1.54) is 0 Å². The zero-order valence-corrected chi connectivity index (χ0v) is 12.3. The molecule has 2 unspecified atom stereocenters. The Morgan fingerprint density at radius 3 is 2.95 bits per heavy atom. The molecule has 0 amide bonds. The van der Waals surface area contributed by atoms with E-state index in [0.717, 1.165) is 40.8 Å². The molecule has 1 saturated heterocycles. The molecule has 1 heterocycles. The summed E-state index contributed by atoms with van der Waals surface area (Å²) >= 11 is 3.42. The SMILES string of the molecule is COc1cc(Br)ccc1/C=C1\OC(=O)C2CCC1C2. The van der Waals surface area contributed by atoms with Gasteiger partial charge in [-0.2, -0.15) is 0 Å². The van der Waals surface area contributed by atoms with E-state index in [4.69, 9.17) is 9.47 Å². The zero-order chi connectivity index (χ0) is 13.4. The number of benzene rings is 1. The van der Waals surface area contributed by atoms with Crippen molar-refractivity contribution in [1.29, 1.82) is 0 Å². The predicted octanol–water partition coefficient (Wildman–Crippen LogP) is 3.77. The van der Waals surface area contributed by atoms with Crippen LogP contribution in [-0.4, -0.2) is 13.1 Å². The van der Waals surface area contributed by atoms with Crippen LogP contribution < -0.4 is 4.74 Å². The molecule has 3 nitrogen and oxygen atoms in total. The van der Waals surface area contributed by atoms with Crippen LogP contribution in [0.4, 0.5) is 0 Å². The lowest BCUT2D eigenvalue weighted by molar-refractivity contribution is -0.146. The first-order chi connectivity index (χ1) is 9.17. The molecule has 0 spiro atoms. The van der Waals surface area contributed by atoms with Gasteiger partial charge in [-0.25, -0.2) is 0 Å². The second-order valence-electron chi connectivity index (χ2n) is 5.06. The standard InChI is InChI=1S/C15H15BrO3/c1-18-13-8-12(16)5-4-10(13)7-14-9-2-3-11(6-9)15(17)19-14/h4-5,7-9,11H,2-3,6H2,1H3/b14-7-. The van der Waals surface area contributed by atoms with Crippen LogP contribution in [0.15, 0.2) is 28.4 Å². The number of allylic oxidation sites excluding steroid dienone is 1. The molecule has 4 heteroatoms. The molecule has 100 valence electrons. The predicted molar refractivity (Wildman–Crippen MR) is 75.6 cm³/mol. The van der Waals surface area contributed by atoms with Gasteiger partial charge in [-0.3, -0.25) is 4.79 Å². The second-order valence-corrected chi connectivity index (χ2v) is 5.98. The Balaban J connectivity index is 1.95. The fraction of sp³-hybridized carbons (Fsp3) is 0.400. The summed E-state index contributed by atoms with van der Waals surface area (Å²) in [6.45, 7) is 0. The van der Waals surface area contributed by atoms with Crippen LogP contribution in [0, 0.1) is 11.8 Å². The zero-order valence-electron chi connectivity index (χ0n) is 10.7. The first kappa shape index (κ1) is 12.7. The number of fused-ring (bicyclic) bond motifs is 2. The molecule has 2 bridgehead atoms. The minimum absolute atomic E-state index is 0.0731. The Hall–Kier alpha value is -1.29. The highest BCUT2D eigenvalue weighted by Gasteiger charge is 2.39. The maximum atomic E-state index is 11.8. The lowest BCUT2D eigenvalue weighted by atomic mass is 9.98. The van der Waals surface area contributed by atoms with E-state index < -0.39 is 0 Å². The highest BCUT2D eigenvalue weighted by atomic mass is 79.9. The lowest BCUT2D eigenvalue weighted by Gasteiger charge is -2.21. The smallest absolute Gasteiger partial charge is 0.314 e. The summed E-state index contributed by atoms with van der Waals surface area (Å²) in [7, 11) is 1.64. The number of carbonyl (C=O) groups is 1. The van der Waals surface area contributed by atoms with Crippen LogP contribution in [0.25, 0.3) is 6.08 Å². The highest BCUT2D eigenvalue weighted by molar-refractivity contribution is 9.10. The maximum absolute atomic E-state index is 11.8. The third kappa shape index (κ3) is 2.41. The van der Waals surface area contributed by atoms with Crippen LogP contribution in [0.3, 0.4) is 0 Å². The van der Waals surface area contributed by atoms with E-state index in [0.29, 0.717) is 5.92 Å². The van der Waals surface area contributed by atoms with Crippen molar-refractivity contribution < 1.29 is 14.3 Å². The molecule has 1 aromatic rings. The fourth-order valence-corrected chi connectivity index (χ4v) is 3.18. The Labute approximate surface area is 120 Å². The summed E-state index contributed by atoms with van der Waals surface area (Å²) in [5, 5.41) is 0.